The van der Waals surface area contributed by atoms with E-state index >= 15 is 0 Å². The van der Waals surface area contributed by atoms with E-state index in [-0.39, 0.29) is 12.0 Å². The molecule has 1 aliphatic rings. The summed E-state index contributed by atoms with van der Waals surface area (Å²) in [4.78, 5) is 18.4. The summed E-state index contributed by atoms with van der Waals surface area (Å²) < 4.78 is 1.04. The first kappa shape index (κ1) is 19.2. The normalized spacial score (nSPS) is 19.5. The van der Waals surface area contributed by atoms with Gasteiger partial charge in [0.25, 0.3) is 0 Å². The number of hydrogen-bond acceptors (Lipinski definition) is 3. The monoisotopic (exact) mass is 456 g/mol. The zero-order chi connectivity index (χ0) is 19.5. The average Bonchev–Trinajstić information content (AvgIpc) is 3.19. The Balaban J connectivity index is 1.64. The molecule has 2 aromatic carbocycles. The summed E-state index contributed by atoms with van der Waals surface area (Å²) in [6.45, 7) is 0.592. The molecule has 144 valence electrons. The van der Waals surface area contributed by atoms with Crippen LogP contribution in [0.2, 0.25) is 0 Å². The second-order valence-corrected chi connectivity index (χ2v) is 8.86. The van der Waals surface area contributed by atoms with Crippen molar-refractivity contribution in [1.82, 2.24) is 9.88 Å². The highest BCUT2D eigenvalue weighted by atomic mass is 79.9. The Kier molecular flexibility index (Phi) is 5.78. The Bertz CT molecular complexity index is 943. The first-order chi connectivity index (χ1) is 13.6. The van der Waals surface area contributed by atoms with Crippen LogP contribution in [0, 0.1) is 0 Å². The van der Waals surface area contributed by atoms with Gasteiger partial charge in [-0.15, -0.1) is 11.3 Å². The number of aromatic nitrogens is 1. The van der Waals surface area contributed by atoms with Crippen LogP contribution in [0.15, 0.2) is 64.5 Å². The fourth-order valence-electron chi connectivity index (χ4n) is 3.90. The second-order valence-electron chi connectivity index (χ2n) is 7.06. The van der Waals surface area contributed by atoms with Crippen molar-refractivity contribution in [2.45, 2.75) is 31.2 Å². The van der Waals surface area contributed by atoms with Crippen molar-refractivity contribution < 1.29 is 9.90 Å². The topological polar surface area (TPSA) is 53.4 Å². The third kappa shape index (κ3) is 4.13. The fourth-order valence-corrected chi connectivity index (χ4v) is 5.19. The van der Waals surface area contributed by atoms with Crippen LogP contribution in [0.3, 0.4) is 0 Å². The molecular formula is C22H21BrN2O2S. The number of nitrogens with zero attached hydrogens (tertiary/aromatic N) is 2. The van der Waals surface area contributed by atoms with E-state index in [1.165, 1.54) is 0 Å². The quantitative estimate of drug-likeness (QED) is 0.520. The van der Waals surface area contributed by atoms with E-state index in [0.29, 0.717) is 13.0 Å². The zero-order valence-corrected chi connectivity index (χ0v) is 17.7. The number of amides is 1. The van der Waals surface area contributed by atoms with Crippen LogP contribution in [0.1, 0.15) is 29.3 Å². The Hall–Kier alpha value is -2.18. The summed E-state index contributed by atoms with van der Waals surface area (Å²) in [5.41, 5.74) is 3.20. The zero-order valence-electron chi connectivity index (χ0n) is 15.3. The lowest BCUT2D eigenvalue weighted by Gasteiger charge is -2.39. The second kappa shape index (κ2) is 8.45. The van der Waals surface area contributed by atoms with Crippen molar-refractivity contribution in [2.24, 2.45) is 0 Å². The van der Waals surface area contributed by atoms with E-state index in [2.05, 4.69) is 45.6 Å². The first-order valence-electron chi connectivity index (χ1n) is 9.36. The molecular weight excluding hydrogens is 436 g/mol. The molecule has 1 amide bonds. The maximum absolute atomic E-state index is 11.9. The van der Waals surface area contributed by atoms with E-state index in [0.717, 1.165) is 39.1 Å². The third-order valence-corrected chi connectivity index (χ3v) is 6.80. The molecule has 1 saturated heterocycles. The van der Waals surface area contributed by atoms with Gasteiger partial charge in [-0.3, -0.25) is 0 Å². The molecule has 4 rings (SSSR count). The summed E-state index contributed by atoms with van der Waals surface area (Å²) in [6, 6.07) is 18.2. The molecule has 0 bridgehead atoms. The lowest BCUT2D eigenvalue weighted by molar-refractivity contribution is 0.0964. The number of thiazole rings is 1. The minimum atomic E-state index is -0.838. The van der Waals surface area contributed by atoms with Crippen LogP contribution in [-0.4, -0.2) is 33.7 Å². The maximum Gasteiger partial charge on any atom is 0.407 e. The maximum atomic E-state index is 11.9. The summed E-state index contributed by atoms with van der Waals surface area (Å²) >= 11 is 5.11. The van der Waals surface area contributed by atoms with Gasteiger partial charge in [0.2, 0.25) is 0 Å². The lowest BCUT2D eigenvalue weighted by atomic mass is 9.85. The van der Waals surface area contributed by atoms with Crippen LogP contribution < -0.4 is 0 Å². The third-order valence-electron chi connectivity index (χ3n) is 5.29. The van der Waals surface area contributed by atoms with Gasteiger partial charge in [0.05, 0.1) is 10.7 Å². The number of carbonyl (C=O) groups is 1. The van der Waals surface area contributed by atoms with Crippen molar-refractivity contribution in [3.8, 4) is 11.3 Å². The van der Waals surface area contributed by atoms with Crippen molar-refractivity contribution in [1.29, 1.82) is 0 Å². The van der Waals surface area contributed by atoms with Crippen LogP contribution in [0.5, 0.6) is 0 Å². The molecule has 0 radical (unpaired) electrons. The number of piperidine rings is 1. The molecule has 1 aromatic heterocycles. The molecule has 0 saturated carbocycles. The largest absolute Gasteiger partial charge is 0.465 e. The van der Waals surface area contributed by atoms with Crippen LogP contribution in [-0.2, 0) is 6.42 Å². The Morgan fingerprint density at radius 3 is 2.64 bits per heavy atom. The summed E-state index contributed by atoms with van der Waals surface area (Å²) in [5.74, 6) is 0.124. The van der Waals surface area contributed by atoms with Crippen molar-refractivity contribution >= 4 is 33.4 Å². The molecule has 2 atom stereocenters. The van der Waals surface area contributed by atoms with E-state index in [4.69, 9.17) is 4.98 Å². The van der Waals surface area contributed by atoms with Gasteiger partial charge in [-0.2, -0.15) is 0 Å². The van der Waals surface area contributed by atoms with Crippen molar-refractivity contribution in [2.75, 3.05) is 6.54 Å². The molecule has 0 spiro atoms. The van der Waals surface area contributed by atoms with Gasteiger partial charge in [0.15, 0.2) is 0 Å². The first-order valence-corrected chi connectivity index (χ1v) is 11.0. The SMILES string of the molecule is O=C(O)N1CCCC(c2nc(-c3ccc(Br)cc3)cs2)C1Cc1ccccc1. The highest BCUT2D eigenvalue weighted by Gasteiger charge is 2.36. The number of benzene rings is 2. The lowest BCUT2D eigenvalue weighted by Crippen LogP contribution is -2.48. The fraction of sp³-hybridized carbons (Fsp3) is 0.273. The molecule has 3 aromatic rings. The van der Waals surface area contributed by atoms with Crippen LogP contribution in [0.25, 0.3) is 11.3 Å². The molecule has 4 nitrogen and oxygen atoms in total. The van der Waals surface area contributed by atoms with Gasteiger partial charge in [0.1, 0.15) is 0 Å². The predicted octanol–water partition coefficient (Wildman–Crippen LogP) is 6.04. The highest BCUT2D eigenvalue weighted by Crippen LogP contribution is 2.37. The number of rotatable bonds is 4. The Labute approximate surface area is 177 Å². The average molecular weight is 457 g/mol. The molecule has 1 fully saturated rings. The van der Waals surface area contributed by atoms with Gasteiger partial charge in [0, 0.05) is 33.9 Å². The molecule has 0 aliphatic carbocycles. The van der Waals surface area contributed by atoms with Crippen molar-refractivity contribution in [3.63, 3.8) is 0 Å². The Morgan fingerprint density at radius 2 is 1.93 bits per heavy atom. The summed E-state index contributed by atoms with van der Waals surface area (Å²) in [6.07, 6.45) is 1.71. The van der Waals surface area contributed by atoms with Crippen LogP contribution >= 0.6 is 27.3 Å². The van der Waals surface area contributed by atoms with Gasteiger partial charge in [-0.1, -0.05) is 58.4 Å². The number of carboxylic acid groups (broad SMARTS) is 1. The number of hydrogen-bond donors (Lipinski definition) is 1. The molecule has 1 aliphatic heterocycles. The van der Waals surface area contributed by atoms with Crippen LogP contribution in [0.4, 0.5) is 4.79 Å². The molecule has 2 heterocycles. The highest BCUT2D eigenvalue weighted by molar-refractivity contribution is 9.10. The number of likely N-dealkylation sites (tertiary alicyclic amines) is 1. The summed E-state index contributed by atoms with van der Waals surface area (Å²) in [5, 5.41) is 12.9. The smallest absolute Gasteiger partial charge is 0.407 e. The summed E-state index contributed by atoms with van der Waals surface area (Å²) in [7, 11) is 0. The van der Waals surface area contributed by atoms with Gasteiger partial charge in [-0.25, -0.2) is 9.78 Å². The van der Waals surface area contributed by atoms with E-state index < -0.39 is 6.09 Å². The van der Waals surface area contributed by atoms with Gasteiger partial charge in [-0.05, 0) is 37.0 Å². The number of halogens is 1. The molecule has 28 heavy (non-hydrogen) atoms. The molecule has 1 N–H and O–H groups in total. The van der Waals surface area contributed by atoms with E-state index in [1.54, 1.807) is 16.2 Å². The van der Waals surface area contributed by atoms with Gasteiger partial charge >= 0.3 is 6.09 Å². The predicted molar refractivity (Wildman–Crippen MR) is 116 cm³/mol. The van der Waals surface area contributed by atoms with E-state index in [9.17, 15) is 9.90 Å². The van der Waals surface area contributed by atoms with Gasteiger partial charge < -0.3 is 10.0 Å². The van der Waals surface area contributed by atoms with Crippen molar-refractivity contribution in [3.05, 3.63) is 75.0 Å². The minimum absolute atomic E-state index is 0.0856. The molecule has 6 heteroatoms. The molecule has 2 unspecified atom stereocenters. The standard InChI is InChI=1S/C22H21BrN2O2S/c23-17-10-8-16(9-11-17)19-14-28-21(24-19)18-7-4-12-25(22(26)27)20(18)13-15-5-2-1-3-6-15/h1-3,5-6,8-11,14,18,20H,4,7,12-13H2,(H,26,27). The Morgan fingerprint density at radius 1 is 1.18 bits per heavy atom. The van der Waals surface area contributed by atoms with E-state index in [1.807, 2.05) is 30.3 Å². The minimum Gasteiger partial charge on any atom is -0.465 e.